The Morgan fingerprint density at radius 2 is 1.76 bits per heavy atom. The average molecular weight is 315 g/mol. The zero-order valence-corrected chi connectivity index (χ0v) is 14.3. The normalized spacial score (nSPS) is 15.6. The molecule has 1 aromatic rings. The van der Waals surface area contributed by atoms with Crippen LogP contribution < -0.4 is 0 Å². The van der Waals surface area contributed by atoms with E-state index in [2.05, 4.69) is 62.7 Å². The Bertz CT molecular complexity index is 321. The summed E-state index contributed by atoms with van der Waals surface area (Å²) in [6, 6.07) is 10.9. The topological polar surface area (TPSA) is 9.23 Å². The summed E-state index contributed by atoms with van der Waals surface area (Å²) >= 11 is 0.637. The predicted octanol–water partition coefficient (Wildman–Crippen LogP) is 4.11. The van der Waals surface area contributed by atoms with Crippen molar-refractivity contribution in [1.29, 1.82) is 0 Å². The van der Waals surface area contributed by atoms with Crippen LogP contribution in [-0.4, -0.2) is 29.4 Å². The maximum absolute atomic E-state index is 6.14. The van der Waals surface area contributed by atoms with Gasteiger partial charge in [0.1, 0.15) is 0 Å². The van der Waals surface area contributed by atoms with Crippen molar-refractivity contribution < 1.29 is 4.43 Å². The van der Waals surface area contributed by atoms with E-state index in [1.165, 1.54) is 5.56 Å². The van der Waals surface area contributed by atoms with Crippen LogP contribution in [0.25, 0.3) is 0 Å². The molecule has 0 fully saturated rings. The van der Waals surface area contributed by atoms with Gasteiger partial charge in [-0.2, -0.15) is 0 Å². The van der Waals surface area contributed by atoms with Crippen molar-refractivity contribution in [3.63, 3.8) is 0 Å². The summed E-state index contributed by atoms with van der Waals surface area (Å²) in [5, 5.41) is 0. The third-order valence-corrected chi connectivity index (χ3v) is 5.83. The van der Waals surface area contributed by atoms with E-state index >= 15 is 0 Å². The molecule has 0 spiro atoms. The van der Waals surface area contributed by atoms with Crippen LogP contribution in [0.15, 0.2) is 30.3 Å². The quantitative estimate of drug-likeness (QED) is 0.718. The van der Waals surface area contributed by atoms with Gasteiger partial charge in [0.25, 0.3) is 0 Å². The van der Waals surface area contributed by atoms with E-state index in [1.807, 2.05) is 0 Å². The Morgan fingerprint density at radius 1 is 1.18 bits per heavy atom. The summed E-state index contributed by atoms with van der Waals surface area (Å²) in [7, 11) is -1.39. The molecule has 0 aromatic heterocycles. The molecule has 0 N–H and O–H groups in total. The molecule has 0 aliphatic carbocycles. The fraction of sp³-hybridized carbons (Fsp3) is 0.571. The first-order chi connectivity index (χ1) is 7.92. The van der Waals surface area contributed by atoms with Crippen LogP contribution in [0, 0.1) is 0 Å². The molecule has 0 aliphatic rings. The van der Waals surface area contributed by atoms with Crippen molar-refractivity contribution in [2.45, 2.75) is 49.7 Å². The van der Waals surface area contributed by atoms with Crippen LogP contribution in [0.1, 0.15) is 23.7 Å². The molecular formula is C14H24OSeSi. The molecular weight excluding hydrogens is 291 g/mol. The number of rotatable bonds is 6. The van der Waals surface area contributed by atoms with Crippen LogP contribution in [0.3, 0.4) is 0 Å². The van der Waals surface area contributed by atoms with Crippen molar-refractivity contribution >= 4 is 23.3 Å². The fourth-order valence-electron chi connectivity index (χ4n) is 1.99. The van der Waals surface area contributed by atoms with Crippen molar-refractivity contribution in [3.05, 3.63) is 35.9 Å². The van der Waals surface area contributed by atoms with E-state index in [0.29, 0.717) is 25.9 Å². The second-order valence-corrected chi connectivity index (χ2v) is 12.1. The molecule has 1 rings (SSSR count). The van der Waals surface area contributed by atoms with Gasteiger partial charge >= 0.3 is 113 Å². The van der Waals surface area contributed by atoms with E-state index in [4.69, 9.17) is 4.43 Å². The summed E-state index contributed by atoms with van der Waals surface area (Å²) in [5.41, 5.74) is 1.47. The number of hydrogen-bond donors (Lipinski definition) is 0. The first-order valence-electron chi connectivity index (χ1n) is 6.18. The van der Waals surface area contributed by atoms with Gasteiger partial charge in [0.2, 0.25) is 0 Å². The zero-order chi connectivity index (χ0) is 12.9. The Kier molecular flexibility index (Phi) is 5.94. The molecule has 0 saturated carbocycles. The van der Waals surface area contributed by atoms with Crippen LogP contribution >= 0.6 is 0 Å². The summed E-state index contributed by atoms with van der Waals surface area (Å²) in [6.45, 7) is 9.01. The van der Waals surface area contributed by atoms with Crippen molar-refractivity contribution in [2.24, 2.45) is 0 Å². The molecule has 0 radical (unpaired) electrons. The third kappa shape index (κ3) is 5.87. The molecule has 1 nitrogen and oxygen atoms in total. The molecule has 3 heteroatoms. The van der Waals surface area contributed by atoms with Crippen molar-refractivity contribution in [1.82, 2.24) is 0 Å². The summed E-state index contributed by atoms with van der Waals surface area (Å²) < 4.78 is 6.14. The molecule has 0 unspecified atom stereocenters. The number of benzene rings is 1. The number of hydrogen-bond acceptors (Lipinski definition) is 1. The molecule has 96 valence electrons. The van der Waals surface area contributed by atoms with Crippen LogP contribution in [-0.2, 0) is 4.43 Å². The van der Waals surface area contributed by atoms with E-state index in [-0.39, 0.29) is 0 Å². The Hall–Kier alpha value is -0.0836. The van der Waals surface area contributed by atoms with Gasteiger partial charge in [-0.3, -0.25) is 0 Å². The minimum atomic E-state index is -1.39. The molecule has 1 aromatic carbocycles. The minimum absolute atomic E-state index is 0.383. The molecule has 17 heavy (non-hydrogen) atoms. The van der Waals surface area contributed by atoms with Gasteiger partial charge in [0.15, 0.2) is 0 Å². The second kappa shape index (κ2) is 6.74. The molecule has 0 amide bonds. The Morgan fingerprint density at radius 3 is 2.24 bits per heavy atom. The molecule has 0 bridgehead atoms. The predicted molar refractivity (Wildman–Crippen MR) is 79.3 cm³/mol. The van der Waals surface area contributed by atoms with Gasteiger partial charge < -0.3 is 0 Å². The van der Waals surface area contributed by atoms with Gasteiger partial charge in [-0.05, 0) is 0 Å². The van der Waals surface area contributed by atoms with Gasteiger partial charge in [0, 0.05) is 0 Å². The van der Waals surface area contributed by atoms with E-state index < -0.39 is 8.32 Å². The van der Waals surface area contributed by atoms with Gasteiger partial charge in [-0.25, -0.2) is 0 Å². The standard InChI is InChI=1S/C14H24OSeSi/c1-12(15-17(3,4)5)11-14(16-2)13-9-7-6-8-10-13/h6-10,12,14H,11H2,1-5H3/t12-,14+/m0/s1. The van der Waals surface area contributed by atoms with Crippen molar-refractivity contribution in [3.8, 4) is 0 Å². The summed E-state index contributed by atoms with van der Waals surface area (Å²) in [6.07, 6.45) is 1.54. The summed E-state index contributed by atoms with van der Waals surface area (Å²) in [4.78, 5) is 0.690. The van der Waals surface area contributed by atoms with Gasteiger partial charge in [0.05, 0.1) is 0 Å². The SMILES string of the molecule is C[Se][C@H](C[C@H](C)O[Si](C)(C)C)c1ccccc1. The van der Waals surface area contributed by atoms with Gasteiger partial charge in [-0.1, -0.05) is 0 Å². The molecule has 0 aliphatic heterocycles. The molecule has 0 saturated heterocycles. The fourth-order valence-corrected chi connectivity index (χ4v) is 5.17. The summed E-state index contributed by atoms with van der Waals surface area (Å²) in [5.74, 6) is 2.33. The van der Waals surface area contributed by atoms with Crippen LogP contribution in [0.4, 0.5) is 0 Å². The molecule has 0 heterocycles. The van der Waals surface area contributed by atoms with E-state index in [9.17, 15) is 0 Å². The molecule has 2 atom stereocenters. The van der Waals surface area contributed by atoms with Crippen LogP contribution in [0.5, 0.6) is 0 Å². The van der Waals surface area contributed by atoms with E-state index in [1.54, 1.807) is 0 Å². The van der Waals surface area contributed by atoms with Gasteiger partial charge in [-0.15, -0.1) is 0 Å². The zero-order valence-electron chi connectivity index (χ0n) is 11.6. The maximum atomic E-state index is 6.14. The van der Waals surface area contributed by atoms with Crippen LogP contribution in [0.2, 0.25) is 25.5 Å². The Balaban J connectivity index is 2.59. The van der Waals surface area contributed by atoms with E-state index in [0.717, 1.165) is 6.42 Å². The average Bonchev–Trinajstić information content (AvgIpc) is 2.24. The first-order valence-corrected chi connectivity index (χ1v) is 12.3. The first kappa shape index (κ1) is 15.0. The third-order valence-electron chi connectivity index (χ3n) is 2.56. The Labute approximate surface area is 113 Å². The monoisotopic (exact) mass is 316 g/mol. The second-order valence-electron chi connectivity index (χ2n) is 5.41. The van der Waals surface area contributed by atoms with Crippen molar-refractivity contribution in [2.75, 3.05) is 0 Å².